The highest BCUT2D eigenvalue weighted by atomic mass is 32.2. The third kappa shape index (κ3) is 3.59. The topological polar surface area (TPSA) is 76.3 Å². The fourth-order valence-corrected chi connectivity index (χ4v) is 3.21. The molecular formula is C12H20N2O2S. The highest BCUT2D eigenvalue weighted by molar-refractivity contribution is 7.99. The number of aliphatic hydroxyl groups excluding tert-OH is 2. The third-order valence-corrected chi connectivity index (χ3v) is 4.64. The Hall–Kier alpha value is -0.280. The summed E-state index contributed by atoms with van der Waals surface area (Å²) in [5, 5.41) is 31.0. The Morgan fingerprint density at radius 3 is 2.59 bits per heavy atom. The quantitative estimate of drug-likeness (QED) is 0.589. The molecule has 2 aliphatic carbocycles. The van der Waals surface area contributed by atoms with Gasteiger partial charge < -0.3 is 10.2 Å². The smallest absolute Gasteiger partial charge is 0.118 e. The molecule has 0 bridgehead atoms. The molecule has 3 N–H and O–H groups in total. The summed E-state index contributed by atoms with van der Waals surface area (Å²) >= 11 is 1.56. The Morgan fingerprint density at radius 1 is 1.41 bits per heavy atom. The number of nitriles is 1. The molecule has 0 spiro atoms. The molecule has 0 aromatic carbocycles. The van der Waals surface area contributed by atoms with Crippen LogP contribution in [0.4, 0.5) is 0 Å². The van der Waals surface area contributed by atoms with Crippen molar-refractivity contribution >= 4 is 11.8 Å². The Labute approximate surface area is 106 Å². The number of thioether (sulfide) groups is 1. The third-order valence-electron chi connectivity index (χ3n) is 3.36. The predicted octanol–water partition coefficient (Wildman–Crippen LogP) is 0.497. The maximum atomic E-state index is 9.45. The van der Waals surface area contributed by atoms with E-state index < -0.39 is 11.6 Å². The molecule has 2 atom stereocenters. The Balaban J connectivity index is 1.84. The van der Waals surface area contributed by atoms with Gasteiger partial charge in [-0.1, -0.05) is 0 Å². The first-order valence-corrected chi connectivity index (χ1v) is 7.41. The van der Waals surface area contributed by atoms with Crippen molar-refractivity contribution in [1.29, 1.82) is 5.26 Å². The standard InChI is InChI=1S/C12H20N2O2S/c13-7-12(9-1-2-9,14-10-3-4-10)8-17-6-11(16)5-15/h9-11,14-16H,1-6,8H2. The van der Waals surface area contributed by atoms with Crippen molar-refractivity contribution in [2.45, 2.75) is 43.4 Å². The molecule has 5 heteroatoms. The average Bonchev–Trinajstić information content (AvgIpc) is 3.18. The van der Waals surface area contributed by atoms with Gasteiger partial charge in [0.25, 0.3) is 0 Å². The molecule has 0 aromatic heterocycles. The highest BCUT2D eigenvalue weighted by Crippen LogP contribution is 2.42. The summed E-state index contributed by atoms with van der Waals surface area (Å²) in [7, 11) is 0. The van der Waals surface area contributed by atoms with Gasteiger partial charge >= 0.3 is 0 Å². The van der Waals surface area contributed by atoms with E-state index in [2.05, 4.69) is 11.4 Å². The van der Waals surface area contributed by atoms with E-state index in [0.717, 1.165) is 12.8 Å². The summed E-state index contributed by atoms with van der Waals surface area (Å²) in [5.74, 6) is 1.69. The number of nitrogens with one attached hydrogen (secondary N) is 1. The van der Waals surface area contributed by atoms with Crippen LogP contribution < -0.4 is 5.32 Å². The van der Waals surface area contributed by atoms with Gasteiger partial charge in [-0.3, -0.25) is 5.32 Å². The Bertz CT molecular complexity index is 299. The van der Waals surface area contributed by atoms with Crippen LogP contribution in [0.15, 0.2) is 0 Å². The summed E-state index contributed by atoms with van der Waals surface area (Å²) in [6.07, 6.45) is 3.96. The average molecular weight is 256 g/mol. The molecule has 0 saturated heterocycles. The maximum absolute atomic E-state index is 9.45. The molecule has 0 amide bonds. The van der Waals surface area contributed by atoms with Gasteiger partial charge in [0.15, 0.2) is 0 Å². The van der Waals surface area contributed by atoms with Crippen LogP contribution in [0.3, 0.4) is 0 Å². The van der Waals surface area contributed by atoms with Gasteiger partial charge in [0.1, 0.15) is 5.54 Å². The lowest BCUT2D eigenvalue weighted by Crippen LogP contribution is -2.49. The van der Waals surface area contributed by atoms with E-state index in [-0.39, 0.29) is 6.61 Å². The van der Waals surface area contributed by atoms with Gasteiger partial charge in [0.2, 0.25) is 0 Å². The monoisotopic (exact) mass is 256 g/mol. The maximum Gasteiger partial charge on any atom is 0.118 e. The molecule has 0 radical (unpaired) electrons. The molecule has 2 saturated carbocycles. The molecule has 2 unspecified atom stereocenters. The van der Waals surface area contributed by atoms with Crippen LogP contribution in [-0.4, -0.2) is 46.0 Å². The summed E-state index contributed by atoms with van der Waals surface area (Å²) in [6, 6.07) is 2.99. The second-order valence-corrected chi connectivity index (χ2v) is 6.16. The molecule has 4 nitrogen and oxygen atoms in total. The zero-order valence-electron chi connectivity index (χ0n) is 9.93. The number of rotatable bonds is 8. The van der Waals surface area contributed by atoms with Crippen molar-refractivity contribution < 1.29 is 10.2 Å². The summed E-state index contributed by atoms with van der Waals surface area (Å²) in [4.78, 5) is 0. The molecule has 2 rings (SSSR count). The van der Waals surface area contributed by atoms with Gasteiger partial charge in [-0.15, -0.1) is 0 Å². The van der Waals surface area contributed by atoms with Gasteiger partial charge in [-0.2, -0.15) is 17.0 Å². The largest absolute Gasteiger partial charge is 0.394 e. The molecule has 0 heterocycles. The minimum absolute atomic E-state index is 0.202. The van der Waals surface area contributed by atoms with Crippen molar-refractivity contribution in [3.8, 4) is 6.07 Å². The second kappa shape index (κ2) is 5.57. The first kappa shape index (κ1) is 13.2. The van der Waals surface area contributed by atoms with Crippen LogP contribution >= 0.6 is 11.8 Å². The van der Waals surface area contributed by atoms with Crippen LogP contribution in [0, 0.1) is 17.2 Å². The zero-order valence-corrected chi connectivity index (χ0v) is 10.7. The van der Waals surface area contributed by atoms with Crippen molar-refractivity contribution in [2.24, 2.45) is 5.92 Å². The predicted molar refractivity (Wildman–Crippen MR) is 67.6 cm³/mol. The molecular weight excluding hydrogens is 236 g/mol. The Kier molecular flexibility index (Phi) is 4.31. The van der Waals surface area contributed by atoms with Crippen molar-refractivity contribution in [3.63, 3.8) is 0 Å². The highest BCUT2D eigenvalue weighted by Gasteiger charge is 2.48. The fraction of sp³-hybridized carbons (Fsp3) is 0.917. The number of aliphatic hydroxyl groups is 2. The van der Waals surface area contributed by atoms with E-state index in [1.165, 1.54) is 12.8 Å². The van der Waals surface area contributed by atoms with Gasteiger partial charge in [-0.05, 0) is 31.6 Å². The lowest BCUT2D eigenvalue weighted by Gasteiger charge is -2.28. The van der Waals surface area contributed by atoms with E-state index in [1.807, 2.05) is 0 Å². The van der Waals surface area contributed by atoms with E-state index in [1.54, 1.807) is 11.8 Å². The normalized spacial score (nSPS) is 25.0. The zero-order chi connectivity index (χ0) is 12.3. The van der Waals surface area contributed by atoms with Gasteiger partial charge in [0, 0.05) is 17.5 Å². The fourth-order valence-electron chi connectivity index (χ4n) is 2.01. The minimum Gasteiger partial charge on any atom is -0.394 e. The van der Waals surface area contributed by atoms with E-state index in [9.17, 15) is 10.4 Å². The van der Waals surface area contributed by atoms with Gasteiger partial charge in [0.05, 0.1) is 18.8 Å². The molecule has 2 fully saturated rings. The number of nitrogens with zero attached hydrogens (tertiary/aromatic N) is 1. The molecule has 2 aliphatic rings. The summed E-state index contributed by atoms with van der Waals surface area (Å²) in [6.45, 7) is -0.202. The molecule has 0 aliphatic heterocycles. The first-order valence-electron chi connectivity index (χ1n) is 6.26. The van der Waals surface area contributed by atoms with Crippen LogP contribution in [-0.2, 0) is 0 Å². The lowest BCUT2D eigenvalue weighted by atomic mass is 9.97. The van der Waals surface area contributed by atoms with Crippen molar-refractivity contribution in [1.82, 2.24) is 5.32 Å². The second-order valence-electron chi connectivity index (χ2n) is 5.13. The molecule has 17 heavy (non-hydrogen) atoms. The molecule has 96 valence electrons. The van der Waals surface area contributed by atoms with Crippen molar-refractivity contribution in [3.05, 3.63) is 0 Å². The van der Waals surface area contributed by atoms with Crippen LogP contribution in [0.5, 0.6) is 0 Å². The van der Waals surface area contributed by atoms with Crippen molar-refractivity contribution in [2.75, 3.05) is 18.1 Å². The Morgan fingerprint density at radius 2 is 2.12 bits per heavy atom. The number of hydrogen-bond acceptors (Lipinski definition) is 5. The van der Waals surface area contributed by atoms with Crippen LogP contribution in [0.2, 0.25) is 0 Å². The van der Waals surface area contributed by atoms with Gasteiger partial charge in [-0.25, -0.2) is 0 Å². The van der Waals surface area contributed by atoms with Crippen LogP contribution in [0.1, 0.15) is 25.7 Å². The molecule has 0 aromatic rings. The van der Waals surface area contributed by atoms with E-state index in [0.29, 0.717) is 23.5 Å². The summed E-state index contributed by atoms with van der Waals surface area (Å²) < 4.78 is 0. The van der Waals surface area contributed by atoms with E-state index in [4.69, 9.17) is 5.11 Å². The minimum atomic E-state index is -0.670. The first-order chi connectivity index (χ1) is 8.20. The lowest BCUT2D eigenvalue weighted by molar-refractivity contribution is 0.113. The number of hydrogen-bond donors (Lipinski definition) is 3. The van der Waals surface area contributed by atoms with Crippen LogP contribution in [0.25, 0.3) is 0 Å². The SMILES string of the molecule is N#CC(CSCC(O)CO)(NC1CC1)C1CC1. The van der Waals surface area contributed by atoms with E-state index >= 15 is 0 Å². The summed E-state index contributed by atoms with van der Waals surface area (Å²) in [5.41, 5.74) is -0.402.